The van der Waals surface area contributed by atoms with E-state index in [1.807, 2.05) is 32.9 Å². The lowest BCUT2D eigenvalue weighted by Gasteiger charge is -2.39. The number of ether oxygens (including phenoxy) is 1. The number of fused-ring (bicyclic) bond motifs is 3. The highest BCUT2D eigenvalue weighted by Crippen LogP contribution is 2.57. The lowest BCUT2D eigenvalue weighted by atomic mass is 9.63. The van der Waals surface area contributed by atoms with E-state index in [1.54, 1.807) is 48.3 Å². The topological polar surface area (TPSA) is 157 Å². The van der Waals surface area contributed by atoms with Gasteiger partial charge < -0.3 is 35.0 Å². The number of carbonyl (C=O) groups excluding carboxylic acids is 5. The number of nitrogens with one attached hydrogen (secondary N) is 3. The highest BCUT2D eigenvalue weighted by atomic mass is 35.5. The van der Waals surface area contributed by atoms with Crippen molar-refractivity contribution in [3.8, 4) is 5.75 Å². The first-order valence-corrected chi connectivity index (χ1v) is 22.9. The van der Waals surface area contributed by atoms with E-state index < -0.39 is 59.0 Å². The normalized spacial score (nSPS) is 23.7. The van der Waals surface area contributed by atoms with E-state index in [2.05, 4.69) is 25.8 Å². The summed E-state index contributed by atoms with van der Waals surface area (Å²) in [6.07, 6.45) is -2.62. The van der Waals surface area contributed by atoms with Gasteiger partial charge in [-0.25, -0.2) is 4.39 Å². The minimum Gasteiger partial charge on any atom is -0.495 e. The molecule has 68 heavy (non-hydrogen) atoms. The summed E-state index contributed by atoms with van der Waals surface area (Å²) in [5.74, 6) is -3.30. The molecular weight excluding hydrogens is 908 g/mol. The third-order valence-electron chi connectivity index (χ3n) is 14.1. The van der Waals surface area contributed by atoms with Crippen LogP contribution in [0.3, 0.4) is 0 Å². The average molecular weight is 959 g/mol. The van der Waals surface area contributed by atoms with E-state index in [1.165, 1.54) is 29.2 Å². The maximum atomic E-state index is 16.4. The summed E-state index contributed by atoms with van der Waals surface area (Å²) < 4.78 is 64.0. The molecule has 14 nitrogen and oxygen atoms in total. The Bertz CT molecular complexity index is 2740. The molecule has 1 unspecified atom stereocenters. The summed E-state index contributed by atoms with van der Waals surface area (Å²) in [6.45, 7) is 8.15. The molecule has 1 aromatic heterocycles. The number of amides is 5. The fourth-order valence-electron chi connectivity index (χ4n) is 10.8. The number of carbonyl (C=O) groups is 5. The number of likely N-dealkylation sites (N-methyl/N-ethyl adjacent to an activating group) is 1. The quantitative estimate of drug-likeness (QED) is 0.132. The Balaban J connectivity index is 0.944. The molecule has 5 atom stereocenters. The highest BCUT2D eigenvalue weighted by molar-refractivity contribution is 6.30. The molecule has 3 N–H and O–H groups in total. The predicted molar refractivity (Wildman–Crippen MR) is 245 cm³/mol. The number of pyridine rings is 1. The third kappa shape index (κ3) is 8.18. The summed E-state index contributed by atoms with van der Waals surface area (Å²) in [6, 6.07) is 13.5. The maximum absolute atomic E-state index is 16.4. The second kappa shape index (κ2) is 17.4. The van der Waals surface area contributed by atoms with Crippen LogP contribution in [0, 0.1) is 11.2 Å². The average Bonchev–Trinajstić information content (AvgIpc) is 3.95. The Morgan fingerprint density at radius 1 is 1.00 bits per heavy atom. The van der Waals surface area contributed by atoms with E-state index >= 15 is 9.18 Å². The number of piperidine rings is 1. The Kier molecular flexibility index (Phi) is 12.0. The fourth-order valence-corrected chi connectivity index (χ4v) is 11.0. The lowest BCUT2D eigenvalue weighted by molar-refractivity contribution is -0.141. The van der Waals surface area contributed by atoms with Gasteiger partial charge in [-0.3, -0.25) is 34.3 Å². The Morgan fingerprint density at radius 3 is 2.44 bits per heavy atom. The number of nitrogens with zero attached hydrogens (tertiary/aromatic N) is 5. The van der Waals surface area contributed by atoms with Crippen molar-refractivity contribution in [2.24, 2.45) is 5.41 Å². The number of halogens is 5. The predicted octanol–water partition coefficient (Wildman–Crippen LogP) is 6.51. The van der Waals surface area contributed by atoms with Crippen LogP contribution >= 0.6 is 11.6 Å². The van der Waals surface area contributed by atoms with Gasteiger partial charge in [-0.05, 0) is 77.9 Å². The van der Waals surface area contributed by atoms with Crippen LogP contribution in [0.1, 0.15) is 89.1 Å². The van der Waals surface area contributed by atoms with Gasteiger partial charge in [0, 0.05) is 104 Å². The van der Waals surface area contributed by atoms with E-state index in [4.69, 9.17) is 16.3 Å². The molecule has 5 aliphatic rings. The first-order valence-electron chi connectivity index (χ1n) is 22.5. The Hall–Kier alpha value is -6.27. The van der Waals surface area contributed by atoms with Gasteiger partial charge in [-0.1, -0.05) is 44.5 Å². The van der Waals surface area contributed by atoms with Crippen LogP contribution in [-0.2, 0) is 32.5 Å². The Morgan fingerprint density at radius 2 is 1.75 bits per heavy atom. The van der Waals surface area contributed by atoms with Gasteiger partial charge in [-0.2, -0.15) is 13.2 Å². The molecule has 0 bridgehead atoms. The lowest BCUT2D eigenvalue weighted by Crippen LogP contribution is -2.52. The first-order chi connectivity index (χ1) is 32.2. The third-order valence-corrected chi connectivity index (χ3v) is 14.4. The van der Waals surface area contributed by atoms with E-state index in [-0.39, 0.29) is 71.1 Å². The molecule has 3 aromatic carbocycles. The van der Waals surface area contributed by atoms with Crippen molar-refractivity contribution < 1.29 is 46.3 Å². The van der Waals surface area contributed by atoms with Crippen molar-refractivity contribution >= 4 is 58.2 Å². The van der Waals surface area contributed by atoms with Gasteiger partial charge in [0.2, 0.25) is 17.7 Å². The van der Waals surface area contributed by atoms with Crippen molar-refractivity contribution in [2.75, 3.05) is 62.0 Å². The number of piperazine rings is 1. The molecule has 4 aromatic rings. The number of hydrogen-bond acceptors (Lipinski definition) is 10. The van der Waals surface area contributed by atoms with Crippen LogP contribution in [0.25, 0.3) is 0 Å². The molecule has 358 valence electrons. The number of benzene rings is 3. The molecule has 19 heteroatoms. The van der Waals surface area contributed by atoms with Crippen molar-refractivity contribution in [1.29, 1.82) is 0 Å². The van der Waals surface area contributed by atoms with E-state index in [0.717, 1.165) is 17.3 Å². The number of aromatic nitrogens is 1. The second-order valence-electron chi connectivity index (χ2n) is 19.4. The highest BCUT2D eigenvalue weighted by Gasteiger charge is 2.62. The van der Waals surface area contributed by atoms with Crippen LogP contribution in [0.15, 0.2) is 66.9 Å². The SMILES string of the molecule is COc1cc(C(=O)N2CCN(c3ccc4c(c3)CN(C3CCC(=O)NC3=O)C4=O)CC2)ccc1N(C)C(=O)[C@@H]1N[C@@H](CC(C)(C)C)[C@@]2(CNc3cc(C(F)(F)F)ncc32)[C@H]1c1cccc(Cl)c1F. The van der Waals surface area contributed by atoms with Crippen molar-refractivity contribution in [3.05, 3.63) is 111 Å². The van der Waals surface area contributed by atoms with Crippen molar-refractivity contribution in [3.63, 3.8) is 0 Å². The van der Waals surface area contributed by atoms with Crippen LogP contribution < -0.4 is 30.5 Å². The number of rotatable bonds is 8. The molecule has 0 radical (unpaired) electrons. The molecular formula is C49H51ClF4N8O6. The van der Waals surface area contributed by atoms with Crippen LogP contribution in [-0.4, -0.2) is 109 Å². The molecule has 0 aliphatic carbocycles. The molecule has 6 heterocycles. The molecule has 5 aliphatic heterocycles. The molecule has 5 amide bonds. The number of imide groups is 1. The molecule has 3 saturated heterocycles. The van der Waals surface area contributed by atoms with Crippen LogP contribution in [0.2, 0.25) is 5.02 Å². The maximum Gasteiger partial charge on any atom is 0.433 e. The molecule has 9 rings (SSSR count). The van der Waals surface area contributed by atoms with Crippen molar-refractivity contribution in [1.82, 2.24) is 25.4 Å². The minimum absolute atomic E-state index is 0.0805. The summed E-state index contributed by atoms with van der Waals surface area (Å²) >= 11 is 6.39. The summed E-state index contributed by atoms with van der Waals surface area (Å²) in [5.41, 5.74) is 0.994. The van der Waals surface area contributed by atoms with Gasteiger partial charge in [0.25, 0.3) is 11.8 Å². The smallest absolute Gasteiger partial charge is 0.433 e. The minimum atomic E-state index is -4.71. The fraction of sp³-hybridized carbons (Fsp3) is 0.429. The number of alkyl halides is 3. The molecule has 3 fully saturated rings. The van der Waals surface area contributed by atoms with E-state index in [0.29, 0.717) is 55.0 Å². The Labute approximate surface area is 395 Å². The van der Waals surface area contributed by atoms with Gasteiger partial charge in [0.05, 0.1) is 23.9 Å². The summed E-state index contributed by atoms with van der Waals surface area (Å²) in [5, 5.41) is 8.85. The number of anilines is 3. The second-order valence-corrected chi connectivity index (χ2v) is 19.8. The van der Waals surface area contributed by atoms with Crippen LogP contribution in [0.5, 0.6) is 5.75 Å². The molecule has 0 saturated carbocycles. The van der Waals surface area contributed by atoms with Gasteiger partial charge in [0.1, 0.15) is 23.3 Å². The standard InChI is InChI=1S/C49H51ClF4N8O6/c1-47(2,3)22-38-48(25-56-33-21-37(49(52,53)54)55-23-31(33)48)40(30-7-6-8-32(50)41(30)51)42(57-38)46(67)59(4)34-12-9-26(20-36(34)68-5)44(65)61-17-15-60(16-18-61)28-10-11-29-27(19-28)24-62(45(29)66)35-13-14-39(63)58-43(35)64/h6-12,19-21,23,35,38,40,42,56-57H,13-18,22,24-25H2,1-5H3,(H,58,63,64)/t35?,38-,40-,42+,48-/m0/s1. The zero-order valence-corrected chi connectivity index (χ0v) is 38.9. The van der Waals surface area contributed by atoms with Gasteiger partial charge in [-0.15, -0.1) is 0 Å². The number of hydrogen-bond donors (Lipinski definition) is 3. The number of methoxy groups -OCH3 is 1. The molecule has 1 spiro atoms. The zero-order chi connectivity index (χ0) is 48.6. The van der Waals surface area contributed by atoms with Gasteiger partial charge in [0.15, 0.2) is 0 Å². The largest absolute Gasteiger partial charge is 0.495 e. The monoisotopic (exact) mass is 958 g/mol. The van der Waals surface area contributed by atoms with Crippen LogP contribution in [0.4, 0.5) is 34.6 Å². The van der Waals surface area contributed by atoms with E-state index in [9.17, 15) is 32.3 Å². The van der Waals surface area contributed by atoms with Gasteiger partial charge >= 0.3 is 6.18 Å². The summed E-state index contributed by atoms with van der Waals surface area (Å²) in [4.78, 5) is 77.2. The summed E-state index contributed by atoms with van der Waals surface area (Å²) in [7, 11) is 2.98. The zero-order valence-electron chi connectivity index (χ0n) is 38.1. The first kappa shape index (κ1) is 46.8. The van der Waals surface area contributed by atoms with Crippen molar-refractivity contribution in [2.45, 2.75) is 82.2 Å².